The number of methoxy groups -OCH3 is 1. The van der Waals surface area contributed by atoms with Gasteiger partial charge in [0.05, 0.1) is 30.3 Å². The lowest BCUT2D eigenvalue weighted by atomic mass is 10.1. The van der Waals surface area contributed by atoms with E-state index in [4.69, 9.17) is 9.47 Å². The number of halogens is 1. The number of ether oxygens (including phenoxy) is 2. The first-order valence-electron chi connectivity index (χ1n) is 11.2. The summed E-state index contributed by atoms with van der Waals surface area (Å²) in [5.41, 5.74) is 2.22. The van der Waals surface area contributed by atoms with Crippen LogP contribution in [0.5, 0.6) is 11.5 Å². The molecule has 6 nitrogen and oxygen atoms in total. The van der Waals surface area contributed by atoms with Gasteiger partial charge < -0.3 is 9.47 Å². The highest BCUT2D eigenvalue weighted by Gasteiger charge is 2.15. The van der Waals surface area contributed by atoms with Crippen molar-refractivity contribution in [3.63, 3.8) is 0 Å². The summed E-state index contributed by atoms with van der Waals surface area (Å²) in [7, 11) is 1.62. The molecule has 0 aliphatic heterocycles. The van der Waals surface area contributed by atoms with E-state index in [0.29, 0.717) is 41.1 Å². The van der Waals surface area contributed by atoms with Crippen LogP contribution in [-0.2, 0) is 12.8 Å². The third kappa shape index (κ3) is 5.71. The second kappa shape index (κ2) is 11.3. The fourth-order valence-corrected chi connectivity index (χ4v) is 3.82. The molecule has 0 saturated heterocycles. The van der Waals surface area contributed by atoms with Gasteiger partial charge in [0.15, 0.2) is 11.5 Å². The summed E-state index contributed by atoms with van der Waals surface area (Å²) in [4.78, 5) is 17.9. The number of nitrogens with zero attached hydrogens (tertiary/aromatic N) is 3. The van der Waals surface area contributed by atoms with Crippen molar-refractivity contribution in [2.45, 2.75) is 52.6 Å². The van der Waals surface area contributed by atoms with Gasteiger partial charge in [0.2, 0.25) is 0 Å². The summed E-state index contributed by atoms with van der Waals surface area (Å²) < 4.78 is 14.0. The Labute approximate surface area is 203 Å². The number of allylic oxidation sites excluding steroid dienone is 1. The van der Waals surface area contributed by atoms with Crippen LogP contribution in [0.4, 0.5) is 0 Å². The Bertz CT molecular complexity index is 1230. The van der Waals surface area contributed by atoms with Gasteiger partial charge in [-0.3, -0.25) is 4.79 Å². The standard InChI is InChI=1S/C26H30BrN3O3/c1-6-9-19-13-18(14-23(32-5)25(19)33-17(4)8-3)16-28-30-24(10-7-2)29-22-12-11-20(27)15-21(22)26(30)31/h6,11-17H,1,7-10H2,2-5H3/t17-/m0/s1. The highest BCUT2D eigenvalue weighted by molar-refractivity contribution is 9.10. The van der Waals surface area contributed by atoms with Gasteiger partial charge in [0.1, 0.15) is 5.82 Å². The topological polar surface area (TPSA) is 65.7 Å². The van der Waals surface area contributed by atoms with Crippen molar-refractivity contribution < 1.29 is 9.47 Å². The zero-order valence-electron chi connectivity index (χ0n) is 19.6. The molecule has 0 amide bonds. The molecule has 174 valence electrons. The molecule has 0 fully saturated rings. The summed E-state index contributed by atoms with van der Waals surface area (Å²) in [6.07, 6.45) is 6.54. The van der Waals surface area contributed by atoms with Crippen molar-refractivity contribution in [3.8, 4) is 11.5 Å². The van der Waals surface area contributed by atoms with Crippen LogP contribution in [0.3, 0.4) is 0 Å². The Morgan fingerprint density at radius 2 is 2.06 bits per heavy atom. The fourth-order valence-electron chi connectivity index (χ4n) is 3.46. The molecule has 0 aliphatic carbocycles. The van der Waals surface area contributed by atoms with Crippen LogP contribution >= 0.6 is 15.9 Å². The zero-order valence-corrected chi connectivity index (χ0v) is 21.2. The molecule has 33 heavy (non-hydrogen) atoms. The van der Waals surface area contributed by atoms with Gasteiger partial charge in [0.25, 0.3) is 5.56 Å². The van der Waals surface area contributed by atoms with Gasteiger partial charge >= 0.3 is 0 Å². The molecule has 1 aromatic heterocycles. The van der Waals surface area contributed by atoms with Crippen LogP contribution in [0.2, 0.25) is 0 Å². The van der Waals surface area contributed by atoms with Crippen molar-refractivity contribution in [1.82, 2.24) is 9.66 Å². The van der Waals surface area contributed by atoms with Gasteiger partial charge in [-0.05, 0) is 62.1 Å². The van der Waals surface area contributed by atoms with Crippen LogP contribution in [0, 0.1) is 0 Å². The maximum atomic E-state index is 13.2. The molecular weight excluding hydrogens is 482 g/mol. The van der Waals surface area contributed by atoms with E-state index in [1.165, 1.54) is 4.68 Å². The lowest BCUT2D eigenvalue weighted by molar-refractivity contribution is 0.206. The van der Waals surface area contributed by atoms with Crippen LogP contribution in [0.25, 0.3) is 10.9 Å². The number of aromatic nitrogens is 2. The number of hydrogen-bond donors (Lipinski definition) is 0. The van der Waals surface area contributed by atoms with E-state index >= 15 is 0 Å². The van der Waals surface area contributed by atoms with E-state index < -0.39 is 0 Å². The van der Waals surface area contributed by atoms with Crippen LogP contribution in [0.15, 0.2) is 57.4 Å². The summed E-state index contributed by atoms with van der Waals surface area (Å²) in [6.45, 7) is 10.0. The first-order chi connectivity index (χ1) is 15.9. The van der Waals surface area contributed by atoms with Gasteiger partial charge in [-0.2, -0.15) is 9.78 Å². The maximum Gasteiger partial charge on any atom is 0.282 e. The molecule has 3 rings (SSSR count). The van der Waals surface area contributed by atoms with Crippen molar-refractivity contribution >= 4 is 33.0 Å². The number of fused-ring (bicyclic) bond motifs is 1. The second-order valence-electron chi connectivity index (χ2n) is 7.84. The minimum atomic E-state index is -0.198. The average Bonchev–Trinajstić information content (AvgIpc) is 2.80. The molecule has 0 spiro atoms. The molecule has 0 unspecified atom stereocenters. The Kier molecular flexibility index (Phi) is 8.44. The summed E-state index contributed by atoms with van der Waals surface area (Å²) >= 11 is 3.44. The Morgan fingerprint density at radius 3 is 2.73 bits per heavy atom. The van der Waals surface area contributed by atoms with Crippen molar-refractivity contribution in [2.75, 3.05) is 7.11 Å². The van der Waals surface area contributed by atoms with Crippen molar-refractivity contribution in [3.05, 3.63) is 74.8 Å². The summed E-state index contributed by atoms with van der Waals surface area (Å²) in [6, 6.07) is 9.36. The molecule has 1 atom stereocenters. The van der Waals surface area contributed by atoms with Gasteiger partial charge in [0, 0.05) is 16.5 Å². The van der Waals surface area contributed by atoms with Gasteiger partial charge in [-0.15, -0.1) is 6.58 Å². The molecule has 0 radical (unpaired) electrons. The highest BCUT2D eigenvalue weighted by atomic mass is 79.9. The van der Waals surface area contributed by atoms with E-state index in [2.05, 4.69) is 46.4 Å². The zero-order chi connectivity index (χ0) is 24.0. The lowest BCUT2D eigenvalue weighted by Crippen LogP contribution is -2.22. The molecule has 1 heterocycles. The molecule has 0 saturated carbocycles. The molecule has 0 aliphatic rings. The maximum absolute atomic E-state index is 13.2. The van der Waals surface area contributed by atoms with Crippen molar-refractivity contribution in [1.29, 1.82) is 0 Å². The quantitative estimate of drug-likeness (QED) is 0.250. The molecule has 0 N–H and O–H groups in total. The van der Waals surface area contributed by atoms with E-state index in [-0.39, 0.29) is 11.7 Å². The number of rotatable bonds is 10. The minimum Gasteiger partial charge on any atom is -0.493 e. The third-order valence-corrected chi connectivity index (χ3v) is 5.80. The molecule has 0 bridgehead atoms. The van der Waals surface area contributed by atoms with Gasteiger partial charge in [-0.1, -0.05) is 35.9 Å². The molecular formula is C26H30BrN3O3. The second-order valence-corrected chi connectivity index (χ2v) is 8.76. The summed E-state index contributed by atoms with van der Waals surface area (Å²) in [5.74, 6) is 1.96. The smallest absolute Gasteiger partial charge is 0.282 e. The number of aryl methyl sites for hydroxylation is 1. The van der Waals surface area contributed by atoms with E-state index in [0.717, 1.165) is 28.4 Å². The van der Waals surface area contributed by atoms with Crippen LogP contribution in [-0.4, -0.2) is 29.1 Å². The first-order valence-corrected chi connectivity index (χ1v) is 11.9. The third-order valence-electron chi connectivity index (χ3n) is 5.30. The monoisotopic (exact) mass is 511 g/mol. The Morgan fingerprint density at radius 1 is 1.27 bits per heavy atom. The predicted molar refractivity (Wildman–Crippen MR) is 138 cm³/mol. The highest BCUT2D eigenvalue weighted by Crippen LogP contribution is 2.34. The van der Waals surface area contributed by atoms with Crippen molar-refractivity contribution in [2.24, 2.45) is 5.10 Å². The van der Waals surface area contributed by atoms with Gasteiger partial charge in [-0.25, -0.2) is 4.98 Å². The first kappa shape index (κ1) is 24.7. The molecule has 2 aromatic carbocycles. The largest absolute Gasteiger partial charge is 0.493 e. The number of hydrogen-bond acceptors (Lipinski definition) is 5. The minimum absolute atomic E-state index is 0.0557. The van der Waals surface area contributed by atoms with Crippen LogP contribution < -0.4 is 15.0 Å². The number of benzene rings is 2. The Hall–Kier alpha value is -2.93. The summed E-state index contributed by atoms with van der Waals surface area (Å²) in [5, 5.41) is 5.05. The average molecular weight is 512 g/mol. The molecule has 7 heteroatoms. The van der Waals surface area contributed by atoms with E-state index in [9.17, 15) is 4.79 Å². The predicted octanol–water partition coefficient (Wildman–Crippen LogP) is 5.91. The Balaban J connectivity index is 2.11. The van der Waals surface area contributed by atoms with Crippen LogP contribution in [0.1, 0.15) is 50.6 Å². The lowest BCUT2D eigenvalue weighted by Gasteiger charge is -2.19. The molecule has 3 aromatic rings. The normalized spacial score (nSPS) is 12.3. The van der Waals surface area contributed by atoms with E-state index in [1.54, 1.807) is 19.4 Å². The SMILES string of the molecule is C=CCc1cc(C=Nn2c(CCC)nc3ccc(Br)cc3c2=O)cc(OC)c1O[C@@H](C)CC. The fraction of sp³-hybridized carbons (Fsp3) is 0.346. The van der Waals surface area contributed by atoms with E-state index in [1.807, 2.05) is 37.3 Å².